The SMILES string of the molecule is CCOC(=O)N[C@@](Nc1cc(C)on1)(C(=O)OCC)C(F)(F)F. The van der Waals surface area contributed by atoms with Crippen molar-refractivity contribution in [2.24, 2.45) is 0 Å². The van der Waals surface area contributed by atoms with E-state index in [0.29, 0.717) is 0 Å². The van der Waals surface area contributed by atoms with Gasteiger partial charge in [0.15, 0.2) is 5.82 Å². The highest BCUT2D eigenvalue weighted by atomic mass is 19.4. The zero-order chi connectivity index (χ0) is 17.7. The summed E-state index contributed by atoms with van der Waals surface area (Å²) in [6.45, 7) is 3.64. The van der Waals surface area contributed by atoms with Crippen molar-refractivity contribution in [3.8, 4) is 0 Å². The van der Waals surface area contributed by atoms with Gasteiger partial charge in [0.2, 0.25) is 0 Å². The number of hydrogen-bond acceptors (Lipinski definition) is 7. The van der Waals surface area contributed by atoms with Gasteiger partial charge >= 0.3 is 23.9 Å². The highest BCUT2D eigenvalue weighted by Gasteiger charge is 2.64. The molecule has 0 saturated heterocycles. The van der Waals surface area contributed by atoms with Crippen molar-refractivity contribution >= 4 is 17.9 Å². The molecule has 0 aliphatic heterocycles. The molecule has 0 aromatic carbocycles. The molecule has 23 heavy (non-hydrogen) atoms. The number of amides is 1. The molecule has 130 valence electrons. The molecule has 0 fully saturated rings. The Balaban J connectivity index is 3.27. The van der Waals surface area contributed by atoms with Crippen molar-refractivity contribution in [2.45, 2.75) is 32.6 Å². The third-order valence-electron chi connectivity index (χ3n) is 2.52. The van der Waals surface area contributed by atoms with Crippen molar-refractivity contribution in [1.29, 1.82) is 0 Å². The molecule has 2 N–H and O–H groups in total. The van der Waals surface area contributed by atoms with Crippen LogP contribution in [0.4, 0.5) is 23.8 Å². The number of rotatable bonds is 6. The summed E-state index contributed by atoms with van der Waals surface area (Å²) in [7, 11) is 0. The molecule has 0 spiro atoms. The summed E-state index contributed by atoms with van der Waals surface area (Å²) >= 11 is 0. The lowest BCUT2D eigenvalue weighted by molar-refractivity contribution is -0.205. The fourth-order valence-electron chi connectivity index (χ4n) is 1.57. The van der Waals surface area contributed by atoms with E-state index in [1.807, 2.05) is 5.32 Å². The molecule has 0 bridgehead atoms. The lowest BCUT2D eigenvalue weighted by Crippen LogP contribution is -2.69. The van der Waals surface area contributed by atoms with Gasteiger partial charge in [0.25, 0.3) is 0 Å². The normalized spacial score (nSPS) is 13.8. The van der Waals surface area contributed by atoms with Crippen LogP contribution in [0.15, 0.2) is 10.6 Å². The predicted octanol–water partition coefficient (Wildman–Crippen LogP) is 1.96. The zero-order valence-electron chi connectivity index (χ0n) is 12.6. The Hall–Kier alpha value is -2.46. The number of ether oxygens (including phenoxy) is 2. The van der Waals surface area contributed by atoms with Crippen LogP contribution in [0.1, 0.15) is 19.6 Å². The van der Waals surface area contributed by atoms with E-state index < -0.39 is 29.7 Å². The number of carbonyl (C=O) groups is 2. The van der Waals surface area contributed by atoms with Crippen LogP contribution in [0.5, 0.6) is 0 Å². The van der Waals surface area contributed by atoms with Gasteiger partial charge in [-0.1, -0.05) is 5.16 Å². The third kappa shape index (κ3) is 4.27. The summed E-state index contributed by atoms with van der Waals surface area (Å²) in [5.74, 6) is -1.98. The zero-order valence-corrected chi connectivity index (χ0v) is 12.6. The summed E-state index contributed by atoms with van der Waals surface area (Å²) in [4.78, 5) is 23.4. The minimum absolute atomic E-state index is 0.189. The summed E-state index contributed by atoms with van der Waals surface area (Å²) in [5.41, 5.74) is -3.57. The number of alkyl halides is 3. The van der Waals surface area contributed by atoms with Crippen molar-refractivity contribution in [3.63, 3.8) is 0 Å². The van der Waals surface area contributed by atoms with Crippen LogP contribution in [0.2, 0.25) is 0 Å². The molecule has 1 rings (SSSR count). The summed E-state index contributed by atoms with van der Waals surface area (Å²) in [6.07, 6.45) is -6.70. The highest BCUT2D eigenvalue weighted by molar-refractivity contribution is 5.89. The van der Waals surface area contributed by atoms with E-state index in [-0.39, 0.29) is 19.0 Å². The average Bonchev–Trinajstić information content (AvgIpc) is 2.82. The van der Waals surface area contributed by atoms with Crippen LogP contribution in [0.25, 0.3) is 0 Å². The van der Waals surface area contributed by atoms with Crippen molar-refractivity contribution in [1.82, 2.24) is 10.5 Å². The number of nitrogens with one attached hydrogen (secondary N) is 2. The van der Waals surface area contributed by atoms with Crippen LogP contribution in [-0.2, 0) is 14.3 Å². The number of hydrogen-bond donors (Lipinski definition) is 2. The van der Waals surface area contributed by atoms with Gasteiger partial charge in [-0.2, -0.15) is 13.2 Å². The number of aromatic nitrogens is 1. The summed E-state index contributed by atoms with van der Waals surface area (Å²) in [5, 5.41) is 6.60. The van der Waals surface area contributed by atoms with Crippen LogP contribution < -0.4 is 10.6 Å². The molecule has 1 amide bonds. The topological polar surface area (TPSA) is 103 Å². The third-order valence-corrected chi connectivity index (χ3v) is 2.52. The Labute approximate surface area is 129 Å². The van der Waals surface area contributed by atoms with Gasteiger partial charge in [0.05, 0.1) is 13.2 Å². The van der Waals surface area contributed by atoms with Crippen LogP contribution in [0, 0.1) is 6.92 Å². The van der Waals surface area contributed by atoms with Crippen LogP contribution >= 0.6 is 0 Å². The minimum atomic E-state index is -5.25. The Morgan fingerprint density at radius 1 is 1.26 bits per heavy atom. The minimum Gasteiger partial charge on any atom is -0.463 e. The van der Waals surface area contributed by atoms with E-state index in [1.165, 1.54) is 26.1 Å². The molecule has 11 heteroatoms. The molecule has 0 saturated carbocycles. The second-order valence-corrected chi connectivity index (χ2v) is 4.26. The second-order valence-electron chi connectivity index (χ2n) is 4.26. The number of aryl methyl sites for hydroxylation is 1. The number of nitrogens with zero attached hydrogens (tertiary/aromatic N) is 1. The molecular formula is C12H16F3N3O5. The van der Waals surface area contributed by atoms with Crippen molar-refractivity contribution in [3.05, 3.63) is 11.8 Å². The first-order valence-electron chi connectivity index (χ1n) is 6.56. The smallest absolute Gasteiger partial charge is 0.442 e. The van der Waals surface area contributed by atoms with Gasteiger partial charge in [-0.15, -0.1) is 0 Å². The first kappa shape index (κ1) is 18.6. The maximum atomic E-state index is 13.6. The van der Waals surface area contributed by atoms with Crippen LogP contribution in [-0.4, -0.2) is 42.3 Å². The Morgan fingerprint density at radius 2 is 1.87 bits per heavy atom. The molecule has 8 nitrogen and oxygen atoms in total. The average molecular weight is 339 g/mol. The lowest BCUT2D eigenvalue weighted by Gasteiger charge is -2.33. The van der Waals surface area contributed by atoms with Crippen LogP contribution in [0.3, 0.4) is 0 Å². The highest BCUT2D eigenvalue weighted by Crippen LogP contribution is 2.33. The van der Waals surface area contributed by atoms with E-state index >= 15 is 0 Å². The Bertz CT molecular complexity index is 560. The molecular weight excluding hydrogens is 323 g/mol. The maximum Gasteiger partial charge on any atom is 0.442 e. The fraction of sp³-hybridized carbons (Fsp3) is 0.583. The predicted molar refractivity (Wildman–Crippen MR) is 70.4 cm³/mol. The Kier molecular flexibility index (Phi) is 5.82. The molecule has 0 unspecified atom stereocenters. The summed E-state index contributed by atoms with van der Waals surface area (Å²) < 4.78 is 54.2. The van der Waals surface area contributed by atoms with E-state index in [1.54, 1.807) is 0 Å². The molecule has 1 heterocycles. The number of esters is 1. The van der Waals surface area contributed by atoms with Gasteiger partial charge in [0, 0.05) is 6.07 Å². The van der Waals surface area contributed by atoms with Crippen molar-refractivity contribution < 1.29 is 36.8 Å². The van der Waals surface area contributed by atoms with Gasteiger partial charge in [-0.05, 0) is 20.8 Å². The van der Waals surface area contributed by atoms with Gasteiger partial charge < -0.3 is 19.3 Å². The molecule has 0 aliphatic carbocycles. The van der Waals surface area contributed by atoms with Crippen molar-refractivity contribution in [2.75, 3.05) is 18.5 Å². The number of halogens is 3. The van der Waals surface area contributed by atoms with E-state index in [0.717, 1.165) is 6.07 Å². The van der Waals surface area contributed by atoms with E-state index in [4.69, 9.17) is 0 Å². The molecule has 0 aliphatic rings. The lowest BCUT2D eigenvalue weighted by atomic mass is 10.1. The largest absolute Gasteiger partial charge is 0.463 e. The molecule has 0 radical (unpaired) electrons. The first-order valence-corrected chi connectivity index (χ1v) is 6.56. The molecule has 1 aromatic heterocycles. The van der Waals surface area contributed by atoms with Gasteiger partial charge in [-0.25, -0.2) is 9.59 Å². The van der Waals surface area contributed by atoms with E-state index in [9.17, 15) is 22.8 Å². The standard InChI is InChI=1S/C12H16F3N3O5/c1-4-21-9(19)11(12(13,14)15,17-10(20)22-5-2)16-8-6-7(3)23-18-8/h6H,4-5H2,1-3H3,(H,16,18)(H,17,20)/t11-/m0/s1. The molecule has 1 atom stereocenters. The quantitative estimate of drug-likeness (QED) is 0.603. The van der Waals surface area contributed by atoms with Gasteiger partial charge in [-0.3, -0.25) is 5.32 Å². The monoisotopic (exact) mass is 339 g/mol. The first-order chi connectivity index (χ1) is 10.7. The second kappa shape index (κ2) is 7.20. The maximum absolute atomic E-state index is 13.6. The number of carbonyl (C=O) groups excluding carboxylic acids is 2. The number of alkyl carbamates (subject to hydrolysis) is 1. The van der Waals surface area contributed by atoms with E-state index in [2.05, 4.69) is 19.2 Å². The number of anilines is 1. The Morgan fingerprint density at radius 3 is 2.30 bits per heavy atom. The summed E-state index contributed by atoms with van der Waals surface area (Å²) in [6, 6.07) is 1.12. The van der Waals surface area contributed by atoms with Gasteiger partial charge in [0.1, 0.15) is 5.76 Å². The molecule has 1 aromatic rings. The fourth-order valence-corrected chi connectivity index (χ4v) is 1.57.